The minimum Gasteiger partial charge on any atom is -0.379 e. The lowest BCUT2D eigenvalue weighted by atomic mass is 9.30. The van der Waals surface area contributed by atoms with Crippen LogP contribution in [0, 0.1) is 32.5 Å². The molecule has 0 aromatic heterocycles. The van der Waals surface area contributed by atoms with Crippen molar-refractivity contribution in [3.05, 3.63) is 0 Å². The van der Waals surface area contributed by atoms with E-state index in [9.17, 15) is 0 Å². The van der Waals surface area contributed by atoms with Gasteiger partial charge in [-0.2, -0.15) is 11.8 Å². The van der Waals surface area contributed by atoms with Crippen LogP contribution in [0.2, 0.25) is 0 Å². The largest absolute Gasteiger partial charge is 0.379 e. The van der Waals surface area contributed by atoms with E-state index in [1.165, 1.54) is 50.0 Å². The molecule has 0 aromatic carbocycles. The van der Waals surface area contributed by atoms with Crippen LogP contribution >= 0.6 is 11.8 Å². The number of fused-ring (bicyclic) bond motifs is 2. The van der Waals surface area contributed by atoms with Gasteiger partial charge in [0, 0.05) is 60.6 Å². The van der Waals surface area contributed by atoms with Crippen LogP contribution in [0.25, 0.3) is 0 Å². The van der Waals surface area contributed by atoms with Gasteiger partial charge in [-0.3, -0.25) is 9.80 Å². The molecule has 0 N–H and O–H groups in total. The van der Waals surface area contributed by atoms with Gasteiger partial charge < -0.3 is 9.47 Å². The van der Waals surface area contributed by atoms with E-state index in [-0.39, 0.29) is 0 Å². The lowest BCUT2D eigenvalue weighted by Gasteiger charge is -2.80. The summed E-state index contributed by atoms with van der Waals surface area (Å²) in [6, 6.07) is 1.57. The first-order valence-corrected chi connectivity index (χ1v) is 15.9. The minimum absolute atomic E-state index is 0.408. The Hall–Kier alpha value is 0.190. The lowest BCUT2D eigenvalue weighted by Crippen LogP contribution is -2.79. The van der Waals surface area contributed by atoms with Gasteiger partial charge in [-0.1, -0.05) is 41.5 Å². The minimum atomic E-state index is 0.408. The topological polar surface area (TPSA) is 24.9 Å². The molecule has 0 aromatic rings. The molecule has 4 saturated carbocycles. The van der Waals surface area contributed by atoms with Crippen LogP contribution < -0.4 is 0 Å². The maximum absolute atomic E-state index is 5.74. The average molecular weight is 505 g/mol. The molecule has 2 saturated heterocycles. The van der Waals surface area contributed by atoms with E-state index in [0.29, 0.717) is 32.5 Å². The number of morpholine rings is 2. The Balaban J connectivity index is 1.21. The van der Waals surface area contributed by atoms with E-state index in [2.05, 4.69) is 63.1 Å². The Kier molecular flexibility index (Phi) is 6.07. The van der Waals surface area contributed by atoms with Crippen LogP contribution in [0.1, 0.15) is 80.1 Å². The van der Waals surface area contributed by atoms with Gasteiger partial charge in [0.2, 0.25) is 0 Å². The quantitative estimate of drug-likeness (QED) is 0.472. The molecule has 2 heterocycles. The highest BCUT2D eigenvalue weighted by Gasteiger charge is 2.77. The molecule has 0 amide bonds. The zero-order valence-corrected chi connectivity index (χ0v) is 24.4. The van der Waals surface area contributed by atoms with E-state index in [1.807, 2.05) is 0 Å². The van der Waals surface area contributed by atoms with Crippen LogP contribution in [0.5, 0.6) is 0 Å². The maximum Gasteiger partial charge on any atom is 0.0594 e. The summed E-state index contributed by atoms with van der Waals surface area (Å²) >= 11 is 2.38. The zero-order valence-electron chi connectivity index (χ0n) is 23.6. The first-order chi connectivity index (χ1) is 16.5. The Morgan fingerprint density at radius 3 is 1.29 bits per heavy atom. The molecule has 4 nitrogen and oxygen atoms in total. The molecule has 0 bridgehead atoms. The summed E-state index contributed by atoms with van der Waals surface area (Å²) in [5.74, 6) is 2.76. The third-order valence-corrected chi connectivity index (χ3v) is 14.3. The van der Waals surface area contributed by atoms with Crippen molar-refractivity contribution in [1.82, 2.24) is 9.80 Å². The van der Waals surface area contributed by atoms with Gasteiger partial charge in [0.1, 0.15) is 0 Å². The van der Waals surface area contributed by atoms with Crippen molar-refractivity contribution < 1.29 is 9.47 Å². The highest BCUT2D eigenvalue weighted by molar-refractivity contribution is 7.99. The second-order valence-corrected chi connectivity index (χ2v) is 16.2. The van der Waals surface area contributed by atoms with Crippen LogP contribution in [-0.2, 0) is 9.47 Å². The van der Waals surface area contributed by atoms with Crippen LogP contribution in [0.4, 0.5) is 0 Å². The zero-order chi connectivity index (χ0) is 24.7. The van der Waals surface area contributed by atoms with Crippen LogP contribution in [0.15, 0.2) is 0 Å². The average Bonchev–Trinajstić information content (AvgIpc) is 2.80. The SMILES string of the molecule is CC(C)(C)C12CCC1(CSCC13CCC1(C(C)(C)C)CC3N1CCOCC1)C(N1CCOCC1)C2. The van der Waals surface area contributed by atoms with Gasteiger partial charge in [0.05, 0.1) is 26.4 Å². The highest BCUT2D eigenvalue weighted by Crippen LogP contribution is 2.80. The molecule has 0 spiro atoms. The van der Waals surface area contributed by atoms with Gasteiger partial charge in [-0.15, -0.1) is 0 Å². The van der Waals surface area contributed by atoms with Crippen molar-refractivity contribution in [2.45, 2.75) is 92.2 Å². The molecule has 6 atom stereocenters. The second-order valence-electron chi connectivity index (χ2n) is 15.2. The maximum atomic E-state index is 5.74. The Bertz CT molecular complexity index is 744. The smallest absolute Gasteiger partial charge is 0.0594 e. The predicted molar refractivity (Wildman–Crippen MR) is 146 cm³/mol. The van der Waals surface area contributed by atoms with Crippen molar-refractivity contribution >= 4 is 11.8 Å². The summed E-state index contributed by atoms with van der Waals surface area (Å²) in [5, 5.41) is 0. The number of ether oxygens (including phenoxy) is 2. The molecule has 6 aliphatic rings. The number of thioether (sulfide) groups is 1. The predicted octanol–water partition coefficient (Wildman–Crippen LogP) is 5.55. The van der Waals surface area contributed by atoms with Gasteiger partial charge >= 0.3 is 0 Å². The monoisotopic (exact) mass is 504 g/mol. The first-order valence-electron chi connectivity index (χ1n) is 14.7. The van der Waals surface area contributed by atoms with Crippen molar-refractivity contribution in [2.75, 3.05) is 64.1 Å². The van der Waals surface area contributed by atoms with Gasteiger partial charge in [0.25, 0.3) is 0 Å². The van der Waals surface area contributed by atoms with Crippen molar-refractivity contribution in [3.63, 3.8) is 0 Å². The second kappa shape index (κ2) is 8.34. The molecule has 6 fully saturated rings. The van der Waals surface area contributed by atoms with E-state index in [1.54, 1.807) is 0 Å². The molecular weight excluding hydrogens is 452 g/mol. The molecule has 35 heavy (non-hydrogen) atoms. The highest BCUT2D eigenvalue weighted by atomic mass is 32.2. The van der Waals surface area contributed by atoms with E-state index >= 15 is 0 Å². The first kappa shape index (κ1) is 25.5. The summed E-state index contributed by atoms with van der Waals surface area (Å²) in [7, 11) is 0. The third-order valence-electron chi connectivity index (χ3n) is 12.8. The summed E-state index contributed by atoms with van der Waals surface area (Å²) in [6.07, 6.45) is 8.64. The van der Waals surface area contributed by atoms with Crippen molar-refractivity contribution in [2.24, 2.45) is 32.5 Å². The Morgan fingerprint density at radius 1 is 0.629 bits per heavy atom. The van der Waals surface area contributed by atoms with Gasteiger partial charge in [-0.05, 0) is 60.2 Å². The van der Waals surface area contributed by atoms with Gasteiger partial charge in [-0.25, -0.2) is 0 Å². The summed E-state index contributed by atoms with van der Waals surface area (Å²) < 4.78 is 11.5. The van der Waals surface area contributed by atoms with Crippen LogP contribution in [-0.4, -0.2) is 86.0 Å². The fraction of sp³-hybridized carbons (Fsp3) is 1.00. The third kappa shape index (κ3) is 3.26. The van der Waals surface area contributed by atoms with Crippen molar-refractivity contribution in [3.8, 4) is 0 Å². The Morgan fingerprint density at radius 2 is 1.00 bits per heavy atom. The molecule has 5 heteroatoms. The molecule has 2 aliphatic heterocycles. The Labute approximate surface area is 219 Å². The van der Waals surface area contributed by atoms with E-state index in [4.69, 9.17) is 9.47 Å². The number of hydrogen-bond acceptors (Lipinski definition) is 5. The summed E-state index contributed by atoms with van der Waals surface area (Å²) in [5.41, 5.74) is 2.97. The molecule has 4 aliphatic carbocycles. The normalized spacial score (nSPS) is 46.5. The fourth-order valence-corrected chi connectivity index (χ4v) is 12.5. The number of hydrogen-bond donors (Lipinski definition) is 0. The fourth-order valence-electron chi connectivity index (χ4n) is 10.5. The molecule has 6 unspecified atom stereocenters. The van der Waals surface area contributed by atoms with Crippen molar-refractivity contribution in [1.29, 1.82) is 0 Å². The standard InChI is InChI=1S/C30H52N2O2S/c1-25(2,3)29-9-7-27(29,23(19-29)31-11-15-33-16-12-31)21-35-22-28-8-10-30(28,26(4,5)6)20-24(28)32-13-17-34-18-14-32/h23-24H,7-22H2,1-6H3. The number of rotatable bonds is 6. The summed E-state index contributed by atoms with van der Waals surface area (Å²) in [4.78, 5) is 5.66. The van der Waals surface area contributed by atoms with E-state index < -0.39 is 0 Å². The molecule has 200 valence electrons. The molecule has 6 rings (SSSR count). The lowest BCUT2D eigenvalue weighted by molar-refractivity contribution is -0.282. The molecule has 0 radical (unpaired) electrons. The molecular formula is C30H52N2O2S. The van der Waals surface area contributed by atoms with E-state index in [0.717, 1.165) is 64.7 Å². The van der Waals surface area contributed by atoms with Crippen LogP contribution in [0.3, 0.4) is 0 Å². The summed E-state index contributed by atoms with van der Waals surface area (Å²) in [6.45, 7) is 23.5. The van der Waals surface area contributed by atoms with Gasteiger partial charge in [0.15, 0.2) is 0 Å². The number of nitrogens with zero attached hydrogens (tertiary/aromatic N) is 2.